The van der Waals surface area contributed by atoms with Crippen molar-refractivity contribution in [2.24, 2.45) is 5.92 Å². The maximum atomic E-state index is 12.8. The fraction of sp³-hybridized carbons (Fsp3) is 0.577. The average molecular weight is 455 g/mol. The van der Waals surface area contributed by atoms with E-state index in [0.717, 1.165) is 12.0 Å². The van der Waals surface area contributed by atoms with Crippen molar-refractivity contribution < 1.29 is 9.53 Å². The van der Waals surface area contributed by atoms with E-state index in [-0.39, 0.29) is 29.8 Å². The molecule has 33 heavy (non-hydrogen) atoms. The summed E-state index contributed by atoms with van der Waals surface area (Å²) in [6.07, 6.45) is 4.07. The summed E-state index contributed by atoms with van der Waals surface area (Å²) in [6.45, 7) is 10.9. The number of nitrogens with one attached hydrogen (secondary N) is 2. The van der Waals surface area contributed by atoms with Gasteiger partial charge in [-0.1, -0.05) is 51.5 Å². The first-order chi connectivity index (χ1) is 15.9. The third-order valence-corrected chi connectivity index (χ3v) is 6.26. The smallest absolute Gasteiger partial charge is 0.255 e. The highest BCUT2D eigenvalue weighted by Crippen LogP contribution is 2.23. The predicted octanol–water partition coefficient (Wildman–Crippen LogP) is 3.70. The van der Waals surface area contributed by atoms with Crippen molar-refractivity contribution in [1.29, 1.82) is 0 Å². The zero-order valence-electron chi connectivity index (χ0n) is 20.4. The van der Waals surface area contributed by atoms with E-state index in [1.165, 1.54) is 18.4 Å². The zero-order valence-corrected chi connectivity index (χ0v) is 20.4. The first-order valence-electron chi connectivity index (χ1n) is 12.2. The van der Waals surface area contributed by atoms with Gasteiger partial charge < -0.3 is 15.0 Å². The van der Waals surface area contributed by atoms with Crippen LogP contribution in [0.15, 0.2) is 29.1 Å². The quantitative estimate of drug-likeness (QED) is 0.572. The van der Waals surface area contributed by atoms with Crippen LogP contribution in [0.4, 0.5) is 5.95 Å². The van der Waals surface area contributed by atoms with Gasteiger partial charge in [-0.3, -0.25) is 14.6 Å². The van der Waals surface area contributed by atoms with E-state index in [0.29, 0.717) is 49.9 Å². The lowest BCUT2D eigenvalue weighted by Crippen LogP contribution is -2.38. The fourth-order valence-corrected chi connectivity index (χ4v) is 4.21. The van der Waals surface area contributed by atoms with Gasteiger partial charge in [0.1, 0.15) is 0 Å². The number of benzene rings is 1. The number of amides is 1. The van der Waals surface area contributed by atoms with E-state index in [2.05, 4.69) is 60.3 Å². The maximum absolute atomic E-state index is 12.8. The minimum atomic E-state index is -0.167. The van der Waals surface area contributed by atoms with Crippen LogP contribution in [0.1, 0.15) is 68.5 Å². The van der Waals surface area contributed by atoms with Gasteiger partial charge in [0.25, 0.3) is 5.56 Å². The molecule has 1 unspecified atom stereocenters. The van der Waals surface area contributed by atoms with Crippen LogP contribution in [-0.4, -0.2) is 42.2 Å². The topological polar surface area (TPSA) is 87.3 Å². The number of aromatic amines is 1. The van der Waals surface area contributed by atoms with Crippen molar-refractivity contribution in [2.45, 2.75) is 65.8 Å². The number of aromatic nitrogens is 2. The highest BCUT2D eigenvalue weighted by atomic mass is 16.5. The van der Waals surface area contributed by atoms with Gasteiger partial charge in [-0.15, -0.1) is 0 Å². The lowest BCUT2D eigenvalue weighted by Gasteiger charge is -2.27. The Morgan fingerprint density at radius 1 is 1.18 bits per heavy atom. The molecule has 0 aliphatic carbocycles. The molecule has 0 spiro atoms. The molecule has 1 amide bonds. The lowest BCUT2D eigenvalue weighted by molar-refractivity contribution is -0.122. The molecule has 2 aromatic rings. The molecule has 180 valence electrons. The highest BCUT2D eigenvalue weighted by molar-refractivity contribution is 5.76. The molecule has 1 aromatic heterocycles. The molecule has 1 aliphatic rings. The van der Waals surface area contributed by atoms with Crippen LogP contribution in [0, 0.1) is 12.8 Å². The number of nitrogens with zero attached hydrogens (tertiary/aromatic N) is 2. The fourth-order valence-electron chi connectivity index (χ4n) is 4.21. The van der Waals surface area contributed by atoms with Gasteiger partial charge in [0.05, 0.1) is 19.3 Å². The Kier molecular flexibility index (Phi) is 9.06. The monoisotopic (exact) mass is 454 g/mol. The van der Waals surface area contributed by atoms with Gasteiger partial charge in [-0.05, 0) is 43.2 Å². The summed E-state index contributed by atoms with van der Waals surface area (Å²) in [4.78, 5) is 35.0. The standard InChI is InChI=1S/C26H38N4O3/c1-5-6-7-20-8-10-21(11-9-20)24(18(2)3)28-23(31)13-12-22-19(4)27-26(29-25(22)32)30-14-16-33-17-15-30/h8-11,18,24H,5-7,12-17H2,1-4H3,(H,28,31)(H,27,29,32). The Labute approximate surface area is 197 Å². The summed E-state index contributed by atoms with van der Waals surface area (Å²) < 4.78 is 5.37. The van der Waals surface area contributed by atoms with Gasteiger partial charge in [-0.2, -0.15) is 0 Å². The summed E-state index contributed by atoms with van der Waals surface area (Å²) >= 11 is 0. The van der Waals surface area contributed by atoms with E-state index >= 15 is 0 Å². The Morgan fingerprint density at radius 3 is 2.48 bits per heavy atom. The summed E-state index contributed by atoms with van der Waals surface area (Å²) in [6, 6.07) is 8.52. The van der Waals surface area contributed by atoms with E-state index in [1.54, 1.807) is 0 Å². The van der Waals surface area contributed by atoms with Crippen molar-refractivity contribution in [3.8, 4) is 0 Å². The number of rotatable bonds is 10. The normalized spacial score (nSPS) is 15.0. The molecule has 0 saturated carbocycles. The van der Waals surface area contributed by atoms with E-state index < -0.39 is 0 Å². The van der Waals surface area contributed by atoms with Crippen molar-refractivity contribution in [2.75, 3.05) is 31.2 Å². The number of unbranched alkanes of at least 4 members (excludes halogenated alkanes) is 1. The predicted molar refractivity (Wildman–Crippen MR) is 132 cm³/mol. The molecule has 2 N–H and O–H groups in total. The first-order valence-corrected chi connectivity index (χ1v) is 12.2. The molecule has 7 nitrogen and oxygen atoms in total. The largest absolute Gasteiger partial charge is 0.378 e. The van der Waals surface area contributed by atoms with Crippen LogP contribution in [0.2, 0.25) is 0 Å². The molecule has 3 rings (SSSR count). The van der Waals surface area contributed by atoms with Crippen molar-refractivity contribution in [3.63, 3.8) is 0 Å². The van der Waals surface area contributed by atoms with Gasteiger partial charge in [0.2, 0.25) is 11.9 Å². The summed E-state index contributed by atoms with van der Waals surface area (Å²) in [5, 5.41) is 3.17. The Hall–Kier alpha value is -2.67. The average Bonchev–Trinajstić information content (AvgIpc) is 2.81. The Bertz CT molecular complexity index is 962. The van der Waals surface area contributed by atoms with Crippen molar-refractivity contribution in [1.82, 2.24) is 15.3 Å². The van der Waals surface area contributed by atoms with Crippen molar-refractivity contribution >= 4 is 11.9 Å². The number of aryl methyl sites for hydroxylation is 2. The lowest BCUT2D eigenvalue weighted by atomic mass is 9.94. The molecular formula is C26H38N4O3. The number of ether oxygens (including phenoxy) is 1. The van der Waals surface area contributed by atoms with Crippen LogP contribution < -0.4 is 15.8 Å². The molecule has 1 saturated heterocycles. The maximum Gasteiger partial charge on any atom is 0.255 e. The minimum absolute atomic E-state index is 0.0557. The van der Waals surface area contributed by atoms with E-state index in [1.807, 2.05) is 11.8 Å². The second-order valence-corrected chi connectivity index (χ2v) is 9.19. The van der Waals surface area contributed by atoms with Crippen molar-refractivity contribution in [3.05, 3.63) is 57.0 Å². The summed E-state index contributed by atoms with van der Waals surface area (Å²) in [7, 11) is 0. The van der Waals surface area contributed by atoms with Gasteiger partial charge in [0.15, 0.2) is 0 Å². The molecule has 2 heterocycles. The molecular weight excluding hydrogens is 416 g/mol. The van der Waals surface area contributed by atoms with E-state index in [9.17, 15) is 9.59 Å². The molecule has 0 radical (unpaired) electrons. The molecule has 1 atom stereocenters. The second-order valence-electron chi connectivity index (χ2n) is 9.19. The van der Waals surface area contributed by atoms with E-state index in [4.69, 9.17) is 4.74 Å². The number of anilines is 1. The molecule has 7 heteroatoms. The third-order valence-electron chi connectivity index (χ3n) is 6.26. The van der Waals surface area contributed by atoms with Crippen LogP contribution in [0.25, 0.3) is 0 Å². The Balaban J connectivity index is 1.61. The second kappa shape index (κ2) is 12.0. The minimum Gasteiger partial charge on any atom is -0.378 e. The molecule has 1 fully saturated rings. The Morgan fingerprint density at radius 2 is 1.88 bits per heavy atom. The third kappa shape index (κ3) is 6.90. The van der Waals surface area contributed by atoms with Crippen LogP contribution in [-0.2, 0) is 22.4 Å². The van der Waals surface area contributed by atoms with Crippen LogP contribution in [0.5, 0.6) is 0 Å². The van der Waals surface area contributed by atoms with Crippen LogP contribution >= 0.6 is 0 Å². The SMILES string of the molecule is CCCCc1ccc(C(NC(=O)CCc2c(C)nc(N3CCOCC3)[nH]c2=O)C(C)C)cc1. The number of hydrogen-bond acceptors (Lipinski definition) is 5. The summed E-state index contributed by atoms with van der Waals surface area (Å²) in [5.41, 5.74) is 3.53. The number of hydrogen-bond donors (Lipinski definition) is 2. The number of morpholine rings is 1. The van der Waals surface area contributed by atoms with Gasteiger partial charge in [0, 0.05) is 30.8 Å². The van der Waals surface area contributed by atoms with Crippen LogP contribution in [0.3, 0.4) is 0 Å². The summed E-state index contributed by atoms with van der Waals surface area (Å²) in [5.74, 6) is 0.783. The molecule has 0 bridgehead atoms. The number of carbonyl (C=O) groups is 1. The molecule has 1 aromatic carbocycles. The van der Waals surface area contributed by atoms with Gasteiger partial charge >= 0.3 is 0 Å². The highest BCUT2D eigenvalue weighted by Gasteiger charge is 2.20. The number of carbonyl (C=O) groups excluding carboxylic acids is 1. The van der Waals surface area contributed by atoms with Gasteiger partial charge in [-0.25, -0.2) is 4.98 Å². The zero-order chi connectivity index (χ0) is 23.8. The number of H-pyrrole nitrogens is 1. The molecule has 1 aliphatic heterocycles. The first kappa shape index (κ1) is 25.0.